The minimum absolute atomic E-state index is 0.194. The third-order valence-corrected chi connectivity index (χ3v) is 6.83. The molecule has 190 valence electrons. The molecule has 1 aliphatic carbocycles. The van der Waals surface area contributed by atoms with Crippen molar-refractivity contribution in [1.29, 1.82) is 0 Å². The Morgan fingerprint density at radius 1 is 1.17 bits per heavy atom. The number of nitrogens with one attached hydrogen (secondary N) is 2. The van der Waals surface area contributed by atoms with Crippen molar-refractivity contribution in [3.05, 3.63) is 30.0 Å². The Balaban J connectivity index is 1.36. The van der Waals surface area contributed by atoms with Crippen molar-refractivity contribution in [1.82, 2.24) is 14.9 Å². The highest BCUT2D eigenvalue weighted by Crippen LogP contribution is 2.49. The zero-order valence-electron chi connectivity index (χ0n) is 21.3. The van der Waals surface area contributed by atoms with Gasteiger partial charge in [-0.3, -0.25) is 0 Å². The summed E-state index contributed by atoms with van der Waals surface area (Å²) in [4.78, 5) is 23.3. The minimum Gasteiger partial charge on any atom is -0.497 e. The molecule has 0 radical (unpaired) electrons. The van der Waals surface area contributed by atoms with Crippen LogP contribution < -0.4 is 20.1 Å². The second-order valence-corrected chi connectivity index (χ2v) is 11.0. The number of likely N-dealkylation sites (tertiary alicyclic amines) is 1. The van der Waals surface area contributed by atoms with E-state index in [4.69, 9.17) is 19.2 Å². The van der Waals surface area contributed by atoms with Gasteiger partial charge in [0, 0.05) is 66.7 Å². The molecule has 0 unspecified atom stereocenters. The van der Waals surface area contributed by atoms with Crippen molar-refractivity contribution >= 4 is 29.4 Å². The van der Waals surface area contributed by atoms with Crippen LogP contribution >= 0.6 is 11.8 Å². The maximum atomic E-state index is 12.3. The molecule has 2 aliphatic rings. The van der Waals surface area contributed by atoms with Crippen LogP contribution in [0.1, 0.15) is 39.2 Å². The molecule has 1 aromatic carbocycles. The summed E-state index contributed by atoms with van der Waals surface area (Å²) in [6.07, 6.45) is 5.63. The Labute approximate surface area is 211 Å². The SMILES string of the molecule is COc1cc(NCc2cnc(SC)nc2NC2CC3(C2)CN(C(=O)OC(C)(C)C)C3)cc(OC)c1. The Bertz CT molecular complexity index is 1040. The fourth-order valence-electron chi connectivity index (χ4n) is 4.61. The predicted molar refractivity (Wildman–Crippen MR) is 138 cm³/mol. The zero-order chi connectivity index (χ0) is 25.2. The van der Waals surface area contributed by atoms with Gasteiger partial charge in [0.1, 0.15) is 22.9 Å². The van der Waals surface area contributed by atoms with Crippen LogP contribution in [-0.4, -0.2) is 66.2 Å². The number of amides is 1. The molecule has 1 amide bonds. The van der Waals surface area contributed by atoms with Crippen LogP contribution in [0.25, 0.3) is 0 Å². The molecule has 10 heteroatoms. The van der Waals surface area contributed by atoms with E-state index in [9.17, 15) is 4.79 Å². The van der Waals surface area contributed by atoms with Gasteiger partial charge in [-0.25, -0.2) is 14.8 Å². The average Bonchev–Trinajstić information content (AvgIpc) is 2.76. The summed E-state index contributed by atoms with van der Waals surface area (Å²) in [5.41, 5.74) is 1.60. The van der Waals surface area contributed by atoms with E-state index in [1.54, 1.807) is 19.1 Å². The van der Waals surface area contributed by atoms with E-state index in [-0.39, 0.29) is 11.5 Å². The number of hydrogen-bond donors (Lipinski definition) is 2. The first-order chi connectivity index (χ1) is 16.6. The summed E-state index contributed by atoms with van der Waals surface area (Å²) in [6.45, 7) is 7.75. The smallest absolute Gasteiger partial charge is 0.410 e. The quantitative estimate of drug-likeness (QED) is 0.396. The molecule has 1 saturated heterocycles. The first-order valence-electron chi connectivity index (χ1n) is 11.7. The molecule has 2 aromatic rings. The molecular weight excluding hydrogens is 466 g/mol. The number of methoxy groups -OCH3 is 2. The number of aromatic nitrogens is 2. The molecule has 2 heterocycles. The van der Waals surface area contributed by atoms with Crippen LogP contribution in [-0.2, 0) is 11.3 Å². The lowest BCUT2D eigenvalue weighted by Crippen LogP contribution is -2.66. The summed E-state index contributed by atoms with van der Waals surface area (Å²) in [7, 11) is 3.27. The second-order valence-electron chi connectivity index (χ2n) is 10.3. The summed E-state index contributed by atoms with van der Waals surface area (Å²) < 4.78 is 16.2. The topological polar surface area (TPSA) is 97.8 Å². The van der Waals surface area contributed by atoms with E-state index in [0.717, 1.165) is 59.7 Å². The van der Waals surface area contributed by atoms with Gasteiger partial charge in [-0.2, -0.15) is 0 Å². The standard InChI is InChI=1S/C25H35N5O4S/c1-24(2,3)34-23(31)30-14-25(15-30)10-18(11-25)28-21-16(13-27-22(29-21)35-6)12-26-17-7-19(32-4)9-20(8-17)33-5/h7-9,13,18,26H,10-12,14-15H2,1-6H3,(H,27,28,29). The predicted octanol–water partition coefficient (Wildman–Crippen LogP) is 4.64. The number of benzene rings is 1. The van der Waals surface area contributed by atoms with Gasteiger partial charge >= 0.3 is 6.09 Å². The van der Waals surface area contributed by atoms with Crippen LogP contribution in [0, 0.1) is 5.41 Å². The molecule has 2 N–H and O–H groups in total. The molecule has 0 bridgehead atoms. The minimum atomic E-state index is -0.466. The van der Waals surface area contributed by atoms with Gasteiger partial charge < -0.3 is 29.7 Å². The monoisotopic (exact) mass is 501 g/mol. The zero-order valence-corrected chi connectivity index (χ0v) is 22.1. The number of anilines is 2. The van der Waals surface area contributed by atoms with Gasteiger partial charge in [-0.15, -0.1) is 0 Å². The highest BCUT2D eigenvalue weighted by molar-refractivity contribution is 7.98. The van der Waals surface area contributed by atoms with Crippen molar-refractivity contribution in [3.8, 4) is 11.5 Å². The number of rotatable bonds is 8. The molecule has 2 fully saturated rings. The van der Waals surface area contributed by atoms with Gasteiger partial charge in [0.05, 0.1) is 14.2 Å². The van der Waals surface area contributed by atoms with Crippen LogP contribution in [0.4, 0.5) is 16.3 Å². The molecule has 1 aliphatic heterocycles. The fourth-order valence-corrected chi connectivity index (χ4v) is 4.95. The third-order valence-electron chi connectivity index (χ3n) is 6.26. The molecule has 1 saturated carbocycles. The van der Waals surface area contributed by atoms with E-state index >= 15 is 0 Å². The summed E-state index contributed by atoms with van der Waals surface area (Å²) in [5, 5.41) is 7.78. The lowest BCUT2D eigenvalue weighted by atomic mass is 9.61. The normalized spacial score (nSPS) is 16.8. The van der Waals surface area contributed by atoms with Crippen molar-refractivity contribution in [2.24, 2.45) is 5.41 Å². The number of nitrogens with zero attached hydrogens (tertiary/aromatic N) is 3. The maximum absolute atomic E-state index is 12.3. The largest absolute Gasteiger partial charge is 0.497 e. The lowest BCUT2D eigenvalue weighted by molar-refractivity contribution is -0.0739. The fraction of sp³-hybridized carbons (Fsp3) is 0.560. The third kappa shape index (κ3) is 6.04. The van der Waals surface area contributed by atoms with Gasteiger partial charge in [0.15, 0.2) is 5.16 Å². The number of carbonyl (C=O) groups is 1. The van der Waals surface area contributed by atoms with E-state index in [1.165, 1.54) is 11.8 Å². The van der Waals surface area contributed by atoms with Crippen LogP contribution in [0.15, 0.2) is 29.6 Å². The first-order valence-corrected chi connectivity index (χ1v) is 13.0. The molecule has 9 nitrogen and oxygen atoms in total. The molecule has 1 spiro atoms. The lowest BCUT2D eigenvalue weighted by Gasteiger charge is -2.58. The molecule has 4 rings (SSSR count). The Morgan fingerprint density at radius 3 is 2.40 bits per heavy atom. The van der Waals surface area contributed by atoms with E-state index in [0.29, 0.717) is 12.6 Å². The Kier molecular flexibility index (Phi) is 7.21. The van der Waals surface area contributed by atoms with Crippen LogP contribution in [0.3, 0.4) is 0 Å². The van der Waals surface area contributed by atoms with Gasteiger partial charge in [0.2, 0.25) is 0 Å². The van der Waals surface area contributed by atoms with Crippen LogP contribution in [0.5, 0.6) is 11.5 Å². The molecular formula is C25H35N5O4S. The highest BCUT2D eigenvalue weighted by Gasteiger charge is 2.54. The van der Waals surface area contributed by atoms with Crippen LogP contribution in [0.2, 0.25) is 0 Å². The van der Waals surface area contributed by atoms with E-state index in [2.05, 4.69) is 15.6 Å². The maximum Gasteiger partial charge on any atom is 0.410 e. The van der Waals surface area contributed by atoms with Crippen molar-refractivity contribution in [3.63, 3.8) is 0 Å². The number of ether oxygens (including phenoxy) is 3. The van der Waals surface area contributed by atoms with Crippen molar-refractivity contribution in [2.75, 3.05) is 44.2 Å². The highest BCUT2D eigenvalue weighted by atomic mass is 32.2. The Hall–Kier alpha value is -2.88. The second kappa shape index (κ2) is 10.0. The summed E-state index contributed by atoms with van der Waals surface area (Å²) in [5.74, 6) is 2.29. The molecule has 35 heavy (non-hydrogen) atoms. The van der Waals surface area contributed by atoms with Gasteiger partial charge in [0.25, 0.3) is 0 Å². The van der Waals surface area contributed by atoms with E-state index in [1.807, 2.05) is 51.4 Å². The first kappa shape index (κ1) is 25.2. The van der Waals surface area contributed by atoms with Gasteiger partial charge in [-0.1, -0.05) is 11.8 Å². The van der Waals surface area contributed by atoms with Crippen molar-refractivity contribution < 1.29 is 19.0 Å². The van der Waals surface area contributed by atoms with Crippen molar-refractivity contribution in [2.45, 2.75) is 57.0 Å². The number of hydrogen-bond acceptors (Lipinski definition) is 9. The summed E-state index contributed by atoms with van der Waals surface area (Å²) >= 11 is 1.52. The Morgan fingerprint density at radius 2 is 1.83 bits per heavy atom. The van der Waals surface area contributed by atoms with E-state index < -0.39 is 5.60 Å². The van der Waals surface area contributed by atoms with Gasteiger partial charge in [-0.05, 0) is 39.9 Å². The molecule has 0 atom stereocenters. The summed E-state index contributed by atoms with van der Waals surface area (Å²) in [6, 6.07) is 6.01. The average molecular weight is 502 g/mol. The number of carbonyl (C=O) groups excluding carboxylic acids is 1. The number of thioether (sulfide) groups is 1. The molecule has 1 aromatic heterocycles.